The summed E-state index contributed by atoms with van der Waals surface area (Å²) in [4.78, 5) is 12.9. The zero-order chi connectivity index (χ0) is 18.9. The molecule has 8 heteroatoms. The summed E-state index contributed by atoms with van der Waals surface area (Å²) in [5, 5.41) is 8.78. The lowest BCUT2D eigenvalue weighted by atomic mass is 10.1. The summed E-state index contributed by atoms with van der Waals surface area (Å²) < 4.78 is 3.59. The highest BCUT2D eigenvalue weighted by molar-refractivity contribution is 5.73. The molecule has 0 aliphatic carbocycles. The fraction of sp³-hybridized carbons (Fsp3) is 0.0500. The second-order valence-corrected chi connectivity index (χ2v) is 6.37. The maximum atomic E-state index is 5.82. The number of nitrogen functional groups attached to an aromatic ring is 1. The van der Waals surface area contributed by atoms with E-state index in [1.807, 2.05) is 47.4 Å². The number of hydrogen-bond donors (Lipinski definition) is 1. The van der Waals surface area contributed by atoms with Crippen molar-refractivity contribution in [2.75, 3.05) is 5.73 Å². The van der Waals surface area contributed by atoms with Gasteiger partial charge in [-0.3, -0.25) is 14.6 Å². The lowest BCUT2D eigenvalue weighted by Gasteiger charge is -2.06. The second kappa shape index (κ2) is 6.58. The van der Waals surface area contributed by atoms with Crippen LogP contribution in [0, 0.1) is 0 Å². The molecule has 0 unspecified atom stereocenters. The molecule has 5 rings (SSSR count). The van der Waals surface area contributed by atoms with Gasteiger partial charge in [0.1, 0.15) is 5.69 Å². The monoisotopic (exact) mass is 368 g/mol. The van der Waals surface area contributed by atoms with Crippen LogP contribution in [0.5, 0.6) is 0 Å². The average Bonchev–Trinajstić information content (AvgIpc) is 3.34. The van der Waals surface area contributed by atoms with E-state index in [4.69, 9.17) is 5.73 Å². The Hall–Kier alpha value is -4.07. The van der Waals surface area contributed by atoms with Crippen molar-refractivity contribution in [3.05, 3.63) is 79.0 Å². The molecule has 8 nitrogen and oxygen atoms in total. The summed E-state index contributed by atoms with van der Waals surface area (Å²) in [5.74, 6) is 0.210. The topological polar surface area (TPSA) is 99.8 Å². The van der Waals surface area contributed by atoms with Gasteiger partial charge in [0, 0.05) is 24.2 Å². The smallest absolute Gasteiger partial charge is 0.240 e. The fourth-order valence-corrected chi connectivity index (χ4v) is 3.15. The van der Waals surface area contributed by atoms with Gasteiger partial charge < -0.3 is 5.73 Å². The van der Waals surface area contributed by atoms with Gasteiger partial charge in [-0.2, -0.15) is 10.1 Å². The van der Waals surface area contributed by atoms with Gasteiger partial charge in [0.05, 0.1) is 24.6 Å². The van der Waals surface area contributed by atoms with Gasteiger partial charge in [-0.15, -0.1) is 5.10 Å². The van der Waals surface area contributed by atoms with Crippen molar-refractivity contribution in [1.29, 1.82) is 0 Å². The van der Waals surface area contributed by atoms with Crippen LogP contribution in [0.1, 0.15) is 5.56 Å². The van der Waals surface area contributed by atoms with Gasteiger partial charge in [-0.25, -0.2) is 4.52 Å². The Bertz CT molecular complexity index is 1240. The molecule has 0 saturated carbocycles. The maximum Gasteiger partial charge on any atom is 0.240 e. The summed E-state index contributed by atoms with van der Waals surface area (Å²) >= 11 is 0. The summed E-state index contributed by atoms with van der Waals surface area (Å²) in [6.45, 7) is 0.706. The largest absolute Gasteiger partial charge is 0.366 e. The summed E-state index contributed by atoms with van der Waals surface area (Å²) in [6, 6.07) is 14.2. The Balaban J connectivity index is 1.58. The van der Waals surface area contributed by atoms with Crippen molar-refractivity contribution in [1.82, 2.24) is 34.3 Å². The molecule has 28 heavy (non-hydrogen) atoms. The third kappa shape index (κ3) is 2.96. The number of anilines is 1. The number of nitrogens with two attached hydrogens (primary N) is 1. The molecule has 0 aliphatic rings. The maximum absolute atomic E-state index is 5.82. The number of nitrogens with zero attached hydrogens (tertiary/aromatic N) is 7. The van der Waals surface area contributed by atoms with Crippen molar-refractivity contribution in [2.24, 2.45) is 0 Å². The number of hydrogen-bond acceptors (Lipinski definition) is 6. The van der Waals surface area contributed by atoms with E-state index in [9.17, 15) is 0 Å². The number of benzene rings is 1. The average molecular weight is 368 g/mol. The molecular weight excluding hydrogens is 352 g/mol. The Morgan fingerprint density at radius 2 is 1.86 bits per heavy atom. The van der Waals surface area contributed by atoms with Gasteiger partial charge >= 0.3 is 0 Å². The number of fused-ring (bicyclic) bond motifs is 1. The minimum absolute atomic E-state index is 0.210. The highest BCUT2D eigenvalue weighted by Crippen LogP contribution is 2.27. The zero-order valence-corrected chi connectivity index (χ0v) is 14.8. The van der Waals surface area contributed by atoms with Crippen molar-refractivity contribution in [2.45, 2.75) is 6.54 Å². The molecule has 0 spiro atoms. The van der Waals surface area contributed by atoms with E-state index in [-0.39, 0.29) is 5.95 Å². The Morgan fingerprint density at radius 1 is 0.964 bits per heavy atom. The molecule has 0 atom stereocenters. The molecule has 0 fully saturated rings. The van der Waals surface area contributed by atoms with Crippen LogP contribution in [-0.4, -0.2) is 34.3 Å². The molecule has 1 aromatic carbocycles. The lowest BCUT2D eigenvalue weighted by Crippen LogP contribution is -1.99. The number of rotatable bonds is 4. The molecule has 136 valence electrons. The van der Waals surface area contributed by atoms with E-state index in [0.717, 1.165) is 16.8 Å². The van der Waals surface area contributed by atoms with Gasteiger partial charge in [0.15, 0.2) is 5.65 Å². The summed E-state index contributed by atoms with van der Waals surface area (Å²) in [5.41, 5.74) is 11.0. The van der Waals surface area contributed by atoms with Gasteiger partial charge in [-0.1, -0.05) is 30.3 Å². The third-order valence-corrected chi connectivity index (χ3v) is 4.43. The first-order chi connectivity index (χ1) is 13.8. The van der Waals surface area contributed by atoms with E-state index in [1.165, 1.54) is 5.56 Å². The first kappa shape index (κ1) is 16.1. The van der Waals surface area contributed by atoms with E-state index in [1.54, 1.807) is 23.1 Å². The van der Waals surface area contributed by atoms with Gasteiger partial charge in [0.2, 0.25) is 5.95 Å². The number of pyridine rings is 1. The molecule has 0 aliphatic heterocycles. The molecule has 0 bridgehead atoms. The van der Waals surface area contributed by atoms with Crippen LogP contribution in [0.3, 0.4) is 0 Å². The van der Waals surface area contributed by atoms with Crippen LogP contribution < -0.4 is 5.73 Å². The first-order valence-electron chi connectivity index (χ1n) is 8.76. The van der Waals surface area contributed by atoms with Crippen LogP contribution in [0.25, 0.3) is 28.2 Å². The standard InChI is InChI=1S/C20H16N8/c21-20-25-19-9-15(8-18(28(19)26-20)17-11-22-6-7-23-17)16-10-24-27(13-16)12-14-4-2-1-3-5-14/h1-11,13H,12H2,(H2,21,26). The molecule has 4 heterocycles. The molecule has 5 aromatic rings. The molecule has 0 radical (unpaired) electrons. The predicted octanol–water partition coefficient (Wildman–Crippen LogP) is 2.68. The molecule has 2 N–H and O–H groups in total. The molecule has 0 amide bonds. The van der Waals surface area contributed by atoms with Crippen LogP contribution in [-0.2, 0) is 6.54 Å². The van der Waals surface area contributed by atoms with Crippen LogP contribution in [0.15, 0.2) is 73.4 Å². The van der Waals surface area contributed by atoms with Crippen LogP contribution in [0.4, 0.5) is 5.95 Å². The van der Waals surface area contributed by atoms with Crippen molar-refractivity contribution in [3.63, 3.8) is 0 Å². The Kier molecular flexibility index (Phi) is 3.79. The lowest BCUT2D eigenvalue weighted by molar-refractivity contribution is 0.687. The summed E-state index contributed by atoms with van der Waals surface area (Å²) in [7, 11) is 0. The Morgan fingerprint density at radius 3 is 2.68 bits per heavy atom. The number of aromatic nitrogens is 7. The normalized spacial score (nSPS) is 11.1. The second-order valence-electron chi connectivity index (χ2n) is 6.37. The van der Waals surface area contributed by atoms with E-state index >= 15 is 0 Å². The highest BCUT2D eigenvalue weighted by Gasteiger charge is 2.13. The molecular formula is C20H16N8. The van der Waals surface area contributed by atoms with Gasteiger partial charge in [-0.05, 0) is 23.3 Å². The third-order valence-electron chi connectivity index (χ3n) is 4.43. The highest BCUT2D eigenvalue weighted by atomic mass is 15.3. The minimum Gasteiger partial charge on any atom is -0.366 e. The van der Waals surface area contributed by atoms with Crippen LogP contribution >= 0.6 is 0 Å². The van der Waals surface area contributed by atoms with Crippen molar-refractivity contribution in [3.8, 4) is 22.5 Å². The molecule has 4 aromatic heterocycles. The summed E-state index contributed by atoms with van der Waals surface area (Å²) in [6.07, 6.45) is 8.82. The van der Waals surface area contributed by atoms with Crippen molar-refractivity contribution < 1.29 is 0 Å². The van der Waals surface area contributed by atoms with Crippen molar-refractivity contribution >= 4 is 11.6 Å². The quantitative estimate of drug-likeness (QED) is 0.523. The minimum atomic E-state index is 0.210. The zero-order valence-electron chi connectivity index (χ0n) is 14.8. The van der Waals surface area contributed by atoms with Crippen LogP contribution in [0.2, 0.25) is 0 Å². The van der Waals surface area contributed by atoms with E-state index in [0.29, 0.717) is 17.9 Å². The molecule has 0 saturated heterocycles. The Labute approximate surface area is 160 Å². The SMILES string of the molecule is Nc1nc2cc(-c3cnn(Cc4ccccc4)c3)cc(-c3cnccn3)n2n1. The predicted molar refractivity (Wildman–Crippen MR) is 105 cm³/mol. The first-order valence-corrected chi connectivity index (χ1v) is 8.76. The van der Waals surface area contributed by atoms with Gasteiger partial charge in [0.25, 0.3) is 0 Å². The van der Waals surface area contributed by atoms with E-state index in [2.05, 4.69) is 37.3 Å². The fourth-order valence-electron chi connectivity index (χ4n) is 3.15. The van der Waals surface area contributed by atoms with E-state index < -0.39 is 0 Å².